The molecule has 1 aromatic heterocycles. The highest BCUT2D eigenvalue weighted by atomic mass is 19.2. The maximum Gasteiger partial charge on any atom is 0.318 e. The number of hydrogen-bond donors (Lipinski definition) is 1. The lowest BCUT2D eigenvalue weighted by Gasteiger charge is -2.31. The lowest BCUT2D eigenvalue weighted by atomic mass is 9.95. The molecule has 41 heavy (non-hydrogen) atoms. The van der Waals surface area contributed by atoms with E-state index < -0.39 is 29.3 Å². The normalized spacial score (nSPS) is 24.7. The molecule has 216 valence electrons. The standard InChI is InChI=1S/C29H30F3N5O4/c30-18-13-29(5-1-7-36(29)14-18)16-41-28-33-21-15-37(22-12-19(38)11-17-3-4-20(31)25(32)23(17)22)27(39)24(21)26(34-28)35-6-2-9-40-10-8-35/h3-4,11-12,18,38H,1-2,5-10,13-16H2/t18-,29+/m1/s1. The fourth-order valence-corrected chi connectivity index (χ4v) is 6.83. The Morgan fingerprint density at radius 1 is 1.12 bits per heavy atom. The van der Waals surface area contributed by atoms with Crippen molar-refractivity contribution in [2.75, 3.05) is 55.8 Å². The first-order chi connectivity index (χ1) is 19.8. The average molecular weight is 570 g/mol. The molecule has 7 rings (SSSR count). The molecule has 3 aromatic rings. The zero-order chi connectivity index (χ0) is 28.3. The van der Waals surface area contributed by atoms with Gasteiger partial charge in [0.25, 0.3) is 5.91 Å². The molecular formula is C29H30F3N5O4. The predicted molar refractivity (Wildman–Crippen MR) is 144 cm³/mol. The number of aromatic hydroxyl groups is 1. The fourth-order valence-electron chi connectivity index (χ4n) is 6.83. The Morgan fingerprint density at radius 2 is 2.00 bits per heavy atom. The maximum absolute atomic E-state index is 15.1. The molecule has 0 unspecified atom stereocenters. The second kappa shape index (κ2) is 10.0. The molecule has 2 aromatic carbocycles. The summed E-state index contributed by atoms with van der Waals surface area (Å²) >= 11 is 0. The number of anilines is 2. The van der Waals surface area contributed by atoms with E-state index in [-0.39, 0.29) is 46.9 Å². The zero-order valence-corrected chi connectivity index (χ0v) is 22.4. The molecule has 9 nitrogen and oxygen atoms in total. The molecule has 0 saturated carbocycles. The van der Waals surface area contributed by atoms with Crippen LogP contribution < -0.4 is 14.5 Å². The molecule has 0 aliphatic carbocycles. The average Bonchev–Trinajstić information content (AvgIpc) is 3.49. The highest BCUT2D eigenvalue weighted by molar-refractivity contribution is 6.16. The highest BCUT2D eigenvalue weighted by Gasteiger charge is 2.49. The van der Waals surface area contributed by atoms with Gasteiger partial charge >= 0.3 is 6.01 Å². The van der Waals surface area contributed by atoms with Crippen molar-refractivity contribution in [1.29, 1.82) is 0 Å². The van der Waals surface area contributed by atoms with Crippen LogP contribution in [-0.2, 0) is 11.3 Å². The van der Waals surface area contributed by atoms with E-state index in [1.165, 1.54) is 23.1 Å². The minimum atomic E-state index is -1.11. The molecular weight excluding hydrogens is 539 g/mol. The van der Waals surface area contributed by atoms with Crippen LogP contribution >= 0.6 is 0 Å². The van der Waals surface area contributed by atoms with Crippen LogP contribution in [0.5, 0.6) is 11.8 Å². The van der Waals surface area contributed by atoms with Gasteiger partial charge in [-0.3, -0.25) is 9.69 Å². The van der Waals surface area contributed by atoms with E-state index in [9.17, 15) is 18.7 Å². The van der Waals surface area contributed by atoms with Gasteiger partial charge in [0.1, 0.15) is 29.9 Å². The largest absolute Gasteiger partial charge is 0.508 e. The molecule has 0 spiro atoms. The molecule has 4 aliphatic rings. The summed E-state index contributed by atoms with van der Waals surface area (Å²) in [5, 5.41) is 10.5. The molecule has 2 atom stereocenters. The Bertz CT molecular complexity index is 1530. The van der Waals surface area contributed by atoms with Crippen LogP contribution in [0.15, 0.2) is 24.3 Å². The summed E-state index contributed by atoms with van der Waals surface area (Å²) in [6.07, 6.45) is 2.02. The number of aromatic nitrogens is 2. The smallest absolute Gasteiger partial charge is 0.318 e. The van der Waals surface area contributed by atoms with E-state index in [0.717, 1.165) is 31.9 Å². The Kier molecular flexibility index (Phi) is 6.42. The van der Waals surface area contributed by atoms with Crippen molar-refractivity contribution < 1.29 is 32.5 Å². The summed E-state index contributed by atoms with van der Waals surface area (Å²) in [5.74, 6) is -2.46. The molecule has 1 amide bonds. The van der Waals surface area contributed by atoms with Crippen molar-refractivity contribution in [3.63, 3.8) is 0 Å². The summed E-state index contributed by atoms with van der Waals surface area (Å²) in [7, 11) is 0. The van der Waals surface area contributed by atoms with Gasteiger partial charge in [0.15, 0.2) is 11.6 Å². The van der Waals surface area contributed by atoms with Crippen molar-refractivity contribution in [3.8, 4) is 11.8 Å². The van der Waals surface area contributed by atoms with E-state index in [4.69, 9.17) is 9.47 Å². The fraction of sp³-hybridized carbons (Fsp3) is 0.483. The third-order valence-corrected chi connectivity index (χ3v) is 8.73. The lowest BCUT2D eigenvalue weighted by Crippen LogP contribution is -2.43. The van der Waals surface area contributed by atoms with Gasteiger partial charge in [0.05, 0.1) is 30.1 Å². The minimum Gasteiger partial charge on any atom is -0.508 e. The van der Waals surface area contributed by atoms with Gasteiger partial charge in [0.2, 0.25) is 0 Å². The van der Waals surface area contributed by atoms with E-state index in [2.05, 4.69) is 14.9 Å². The Labute approximate surface area is 234 Å². The van der Waals surface area contributed by atoms with Gasteiger partial charge in [-0.15, -0.1) is 0 Å². The monoisotopic (exact) mass is 569 g/mol. The first-order valence-corrected chi connectivity index (χ1v) is 14.0. The van der Waals surface area contributed by atoms with Crippen molar-refractivity contribution >= 4 is 28.2 Å². The van der Waals surface area contributed by atoms with Crippen LogP contribution in [0.4, 0.5) is 24.7 Å². The van der Waals surface area contributed by atoms with Crippen molar-refractivity contribution in [3.05, 3.63) is 47.2 Å². The number of alkyl halides is 1. The number of halogens is 3. The number of fused-ring (bicyclic) bond motifs is 3. The number of carbonyl (C=O) groups excluding carboxylic acids is 1. The minimum absolute atomic E-state index is 0.0352. The van der Waals surface area contributed by atoms with E-state index in [1.807, 2.05) is 4.90 Å². The van der Waals surface area contributed by atoms with Gasteiger partial charge in [-0.2, -0.15) is 9.97 Å². The number of rotatable bonds is 5. The number of benzene rings is 2. The van der Waals surface area contributed by atoms with Crippen LogP contribution in [-0.4, -0.2) is 83.6 Å². The number of phenols is 1. The Balaban J connectivity index is 1.28. The molecule has 3 fully saturated rings. The van der Waals surface area contributed by atoms with Gasteiger partial charge < -0.3 is 24.4 Å². The summed E-state index contributed by atoms with van der Waals surface area (Å²) in [6, 6.07) is 4.99. The zero-order valence-electron chi connectivity index (χ0n) is 22.4. The lowest BCUT2D eigenvalue weighted by molar-refractivity contribution is 0.0996. The third-order valence-electron chi connectivity index (χ3n) is 8.73. The molecule has 3 saturated heterocycles. The van der Waals surface area contributed by atoms with Crippen LogP contribution in [0.1, 0.15) is 41.7 Å². The summed E-state index contributed by atoms with van der Waals surface area (Å²) < 4.78 is 55.4. The second-order valence-electron chi connectivity index (χ2n) is 11.3. The van der Waals surface area contributed by atoms with Crippen LogP contribution in [0.25, 0.3) is 10.8 Å². The molecule has 4 aliphatic heterocycles. The Hall–Kier alpha value is -3.64. The molecule has 1 N–H and O–H groups in total. The van der Waals surface area contributed by atoms with Crippen molar-refractivity contribution in [2.45, 2.75) is 43.9 Å². The second-order valence-corrected chi connectivity index (χ2v) is 11.3. The third kappa shape index (κ3) is 4.44. The highest BCUT2D eigenvalue weighted by Crippen LogP contribution is 2.42. The van der Waals surface area contributed by atoms with E-state index >= 15 is 4.39 Å². The Morgan fingerprint density at radius 3 is 2.88 bits per heavy atom. The first-order valence-electron chi connectivity index (χ1n) is 14.0. The SMILES string of the molecule is O=C1c2c(nc(OC[C@@]34CCCN3C[C@H](F)C4)nc2N2CCCOCC2)CN1c1cc(O)cc2ccc(F)c(F)c12. The van der Waals surface area contributed by atoms with Crippen LogP contribution in [0.3, 0.4) is 0 Å². The van der Waals surface area contributed by atoms with Gasteiger partial charge in [0, 0.05) is 44.1 Å². The summed E-state index contributed by atoms with van der Waals surface area (Å²) in [6.45, 7) is 3.51. The number of nitrogens with zero attached hydrogens (tertiary/aromatic N) is 5. The first kappa shape index (κ1) is 26.3. The van der Waals surface area contributed by atoms with Crippen molar-refractivity contribution in [1.82, 2.24) is 14.9 Å². The van der Waals surface area contributed by atoms with E-state index in [1.54, 1.807) is 0 Å². The van der Waals surface area contributed by atoms with Crippen LogP contribution in [0.2, 0.25) is 0 Å². The predicted octanol–water partition coefficient (Wildman–Crippen LogP) is 3.96. The van der Waals surface area contributed by atoms with Gasteiger partial charge in [-0.25, -0.2) is 13.2 Å². The number of ether oxygens (including phenoxy) is 2. The number of amides is 1. The topological polar surface area (TPSA) is 91.3 Å². The summed E-state index contributed by atoms with van der Waals surface area (Å²) in [5.41, 5.74) is 0.262. The van der Waals surface area contributed by atoms with Gasteiger partial charge in [-0.1, -0.05) is 6.07 Å². The summed E-state index contributed by atoms with van der Waals surface area (Å²) in [4.78, 5) is 28.6. The molecule has 0 bridgehead atoms. The molecule has 5 heterocycles. The number of phenolic OH excluding ortho intramolecular Hbond substituents is 1. The number of carbonyl (C=O) groups is 1. The van der Waals surface area contributed by atoms with Crippen molar-refractivity contribution in [2.24, 2.45) is 0 Å². The molecule has 12 heteroatoms. The maximum atomic E-state index is 15.1. The molecule has 0 radical (unpaired) electrons. The van der Waals surface area contributed by atoms with Gasteiger partial charge in [-0.05, 0) is 43.3 Å². The number of hydrogen-bond acceptors (Lipinski definition) is 8. The van der Waals surface area contributed by atoms with E-state index in [0.29, 0.717) is 50.8 Å². The quantitative estimate of drug-likeness (QED) is 0.494. The van der Waals surface area contributed by atoms with Crippen LogP contribution in [0, 0.1) is 11.6 Å².